The molecular weight excluding hydrogens is 302 g/mol. The summed E-state index contributed by atoms with van der Waals surface area (Å²) in [5, 5.41) is 9.57. The minimum atomic E-state index is -0.527. The molecule has 0 heterocycles. The molecule has 118 valence electrons. The molecule has 0 spiro atoms. The van der Waals surface area contributed by atoms with Gasteiger partial charge in [0, 0.05) is 10.6 Å². The number of hydrogen-bond acceptors (Lipinski definition) is 4. The van der Waals surface area contributed by atoms with E-state index >= 15 is 0 Å². The van der Waals surface area contributed by atoms with Crippen molar-refractivity contribution in [3.05, 3.63) is 34.3 Å². The van der Waals surface area contributed by atoms with Gasteiger partial charge >= 0.3 is 5.97 Å². The summed E-state index contributed by atoms with van der Waals surface area (Å²) in [5.41, 5.74) is 1.07. The second-order valence-electron chi connectivity index (χ2n) is 5.46. The van der Waals surface area contributed by atoms with Crippen molar-refractivity contribution in [3.63, 3.8) is 0 Å². The summed E-state index contributed by atoms with van der Waals surface area (Å²) in [7, 11) is 0. The Kier molecular flexibility index (Phi) is 6.23. The molecule has 5 heteroatoms. The third kappa shape index (κ3) is 4.46. The van der Waals surface area contributed by atoms with E-state index in [0.29, 0.717) is 22.6 Å². The Bertz CT molecular complexity index is 562. The number of nitrogens with zero attached hydrogens (tertiary/aromatic N) is 1. The molecule has 0 saturated heterocycles. The number of halogens is 1. The average molecular weight is 322 g/mol. The molecule has 22 heavy (non-hydrogen) atoms. The van der Waals surface area contributed by atoms with Gasteiger partial charge in [0.25, 0.3) is 0 Å². The first-order valence-corrected chi connectivity index (χ1v) is 8.02. The third-order valence-corrected chi connectivity index (χ3v) is 4.09. The van der Waals surface area contributed by atoms with Crippen molar-refractivity contribution >= 4 is 17.6 Å². The monoisotopic (exact) mass is 321 g/mol. The number of esters is 1. The number of rotatable bonds is 6. The van der Waals surface area contributed by atoms with Gasteiger partial charge in [-0.15, -0.1) is 0 Å². The number of hydrogen-bond donors (Lipinski definition) is 0. The summed E-state index contributed by atoms with van der Waals surface area (Å²) in [6.07, 6.45) is 4.57. The Hall–Kier alpha value is -1.57. The molecule has 1 aliphatic carbocycles. The van der Waals surface area contributed by atoms with Crippen LogP contribution in [-0.4, -0.2) is 18.2 Å². The van der Waals surface area contributed by atoms with Gasteiger partial charge in [0.2, 0.25) is 0 Å². The molecule has 1 unspecified atom stereocenters. The highest BCUT2D eigenvalue weighted by molar-refractivity contribution is 6.30. The third-order valence-electron chi connectivity index (χ3n) is 3.85. The zero-order valence-electron chi connectivity index (χ0n) is 12.7. The second kappa shape index (κ2) is 8.17. The fraction of sp³-hybridized carbons (Fsp3) is 0.529. The molecule has 4 nitrogen and oxygen atoms in total. The van der Waals surface area contributed by atoms with Gasteiger partial charge in [-0.2, -0.15) is 5.26 Å². The van der Waals surface area contributed by atoms with Crippen LogP contribution >= 0.6 is 11.6 Å². The first-order chi connectivity index (χ1) is 10.6. The SMILES string of the molecule is CCC(OC1CCCC1)C(=O)OCc1ccc(Cl)cc1C#N. The van der Waals surface area contributed by atoms with Crippen molar-refractivity contribution in [3.8, 4) is 6.07 Å². The Morgan fingerprint density at radius 2 is 2.18 bits per heavy atom. The first kappa shape index (κ1) is 16.8. The number of carbonyl (C=O) groups excluding carboxylic acids is 1. The predicted octanol–water partition coefficient (Wildman–Crippen LogP) is 3.99. The van der Waals surface area contributed by atoms with Crippen LogP contribution in [0.4, 0.5) is 0 Å². The van der Waals surface area contributed by atoms with Crippen LogP contribution in [0, 0.1) is 11.3 Å². The smallest absolute Gasteiger partial charge is 0.335 e. The minimum Gasteiger partial charge on any atom is -0.459 e. The van der Waals surface area contributed by atoms with E-state index in [1.54, 1.807) is 18.2 Å². The van der Waals surface area contributed by atoms with Gasteiger partial charge in [0.1, 0.15) is 6.61 Å². The number of carbonyl (C=O) groups is 1. The van der Waals surface area contributed by atoms with Crippen LogP contribution in [-0.2, 0) is 20.9 Å². The minimum absolute atomic E-state index is 0.0590. The zero-order chi connectivity index (χ0) is 15.9. The molecule has 1 aliphatic rings. The maximum atomic E-state index is 12.1. The maximum absolute atomic E-state index is 12.1. The van der Waals surface area contributed by atoms with Crippen molar-refractivity contribution in [2.75, 3.05) is 0 Å². The molecule has 1 atom stereocenters. The molecule has 0 bridgehead atoms. The molecule has 0 N–H and O–H groups in total. The van der Waals surface area contributed by atoms with Gasteiger partial charge in [-0.25, -0.2) is 4.79 Å². The van der Waals surface area contributed by atoms with Crippen LogP contribution in [0.15, 0.2) is 18.2 Å². The van der Waals surface area contributed by atoms with Gasteiger partial charge in [-0.3, -0.25) is 0 Å². The molecule has 2 rings (SSSR count). The van der Waals surface area contributed by atoms with Crippen molar-refractivity contribution in [1.82, 2.24) is 0 Å². The van der Waals surface area contributed by atoms with Gasteiger partial charge in [0.15, 0.2) is 6.10 Å². The fourth-order valence-electron chi connectivity index (χ4n) is 2.60. The van der Waals surface area contributed by atoms with Gasteiger partial charge in [-0.1, -0.05) is 37.4 Å². The number of benzene rings is 1. The topological polar surface area (TPSA) is 59.3 Å². The molecule has 1 aromatic carbocycles. The van der Waals surface area contributed by atoms with Crippen molar-refractivity contribution in [2.45, 2.75) is 57.8 Å². The summed E-state index contributed by atoms with van der Waals surface area (Å²) in [5.74, 6) is -0.367. The van der Waals surface area contributed by atoms with E-state index in [2.05, 4.69) is 6.07 Å². The van der Waals surface area contributed by atoms with E-state index in [9.17, 15) is 4.79 Å². The van der Waals surface area contributed by atoms with E-state index in [1.165, 1.54) is 0 Å². The lowest BCUT2D eigenvalue weighted by molar-refractivity contribution is -0.162. The quantitative estimate of drug-likeness (QED) is 0.743. The summed E-state index contributed by atoms with van der Waals surface area (Å²) >= 11 is 5.85. The van der Waals surface area contributed by atoms with Crippen LogP contribution in [0.1, 0.15) is 50.2 Å². The normalized spacial score (nSPS) is 16.2. The Morgan fingerprint density at radius 3 is 2.82 bits per heavy atom. The van der Waals surface area contributed by atoms with Crippen molar-refractivity contribution < 1.29 is 14.3 Å². The summed E-state index contributed by atoms with van der Waals surface area (Å²) in [4.78, 5) is 12.1. The molecule has 0 aromatic heterocycles. The van der Waals surface area contributed by atoms with Gasteiger partial charge in [0.05, 0.1) is 17.7 Å². The lowest BCUT2D eigenvalue weighted by Gasteiger charge is -2.19. The lowest BCUT2D eigenvalue weighted by atomic mass is 10.1. The molecule has 1 saturated carbocycles. The van der Waals surface area contributed by atoms with Gasteiger partial charge < -0.3 is 9.47 Å². The molecule has 0 aliphatic heterocycles. The summed E-state index contributed by atoms with van der Waals surface area (Å²) in [6, 6.07) is 7.00. The fourth-order valence-corrected chi connectivity index (χ4v) is 2.77. The summed E-state index contributed by atoms with van der Waals surface area (Å²) < 4.78 is 11.1. The first-order valence-electron chi connectivity index (χ1n) is 7.64. The summed E-state index contributed by atoms with van der Waals surface area (Å²) in [6.45, 7) is 1.97. The van der Waals surface area contributed by atoms with E-state index in [-0.39, 0.29) is 18.7 Å². The van der Waals surface area contributed by atoms with E-state index in [0.717, 1.165) is 25.7 Å². The molecular formula is C17H20ClNO3. The van der Waals surface area contributed by atoms with Crippen LogP contribution in [0.25, 0.3) is 0 Å². The predicted molar refractivity (Wildman–Crippen MR) is 83.4 cm³/mol. The number of ether oxygens (including phenoxy) is 2. The highest BCUT2D eigenvalue weighted by Gasteiger charge is 2.25. The highest BCUT2D eigenvalue weighted by Crippen LogP contribution is 2.23. The highest BCUT2D eigenvalue weighted by atomic mass is 35.5. The Labute approximate surface area is 136 Å². The van der Waals surface area contributed by atoms with Crippen LogP contribution in [0.2, 0.25) is 5.02 Å². The van der Waals surface area contributed by atoms with Crippen LogP contribution in [0.5, 0.6) is 0 Å². The van der Waals surface area contributed by atoms with Crippen LogP contribution in [0.3, 0.4) is 0 Å². The second-order valence-corrected chi connectivity index (χ2v) is 5.90. The maximum Gasteiger partial charge on any atom is 0.335 e. The largest absolute Gasteiger partial charge is 0.459 e. The standard InChI is InChI=1S/C17H20ClNO3/c1-2-16(22-15-5-3-4-6-15)17(20)21-11-12-7-8-14(18)9-13(12)10-19/h7-9,15-16H,2-6,11H2,1H3. The van der Waals surface area contributed by atoms with Crippen LogP contribution < -0.4 is 0 Å². The van der Waals surface area contributed by atoms with E-state index < -0.39 is 6.10 Å². The van der Waals surface area contributed by atoms with Gasteiger partial charge in [-0.05, 0) is 31.4 Å². The average Bonchev–Trinajstić information content (AvgIpc) is 3.04. The van der Waals surface area contributed by atoms with Crippen molar-refractivity contribution in [1.29, 1.82) is 5.26 Å². The zero-order valence-corrected chi connectivity index (χ0v) is 13.4. The van der Waals surface area contributed by atoms with E-state index in [4.69, 9.17) is 26.3 Å². The molecule has 1 aromatic rings. The van der Waals surface area contributed by atoms with Crippen molar-refractivity contribution in [2.24, 2.45) is 0 Å². The Balaban J connectivity index is 1.92. The number of nitriles is 1. The molecule has 1 fully saturated rings. The molecule has 0 radical (unpaired) electrons. The molecule has 0 amide bonds. The lowest BCUT2D eigenvalue weighted by Crippen LogP contribution is -2.29. The van der Waals surface area contributed by atoms with E-state index in [1.807, 2.05) is 6.92 Å². The Morgan fingerprint density at radius 1 is 1.45 bits per heavy atom.